The first kappa shape index (κ1) is 14.9. The third-order valence-corrected chi connectivity index (χ3v) is 3.94. The van der Waals surface area contributed by atoms with Crippen molar-refractivity contribution in [2.45, 2.75) is 32.2 Å². The smallest absolute Gasteiger partial charge is 0.224 e. The van der Waals surface area contributed by atoms with Crippen molar-refractivity contribution < 1.29 is 9.53 Å². The number of methoxy groups -OCH3 is 1. The van der Waals surface area contributed by atoms with E-state index in [-0.39, 0.29) is 5.91 Å². The molecule has 0 bridgehead atoms. The molecule has 1 heterocycles. The van der Waals surface area contributed by atoms with E-state index >= 15 is 0 Å². The van der Waals surface area contributed by atoms with E-state index < -0.39 is 0 Å². The molecule has 0 radical (unpaired) electrons. The Kier molecular flexibility index (Phi) is 5.41. The minimum Gasteiger partial charge on any atom is -0.497 e. The molecule has 0 unspecified atom stereocenters. The van der Waals surface area contributed by atoms with Crippen molar-refractivity contribution in [1.82, 2.24) is 10.2 Å². The molecule has 1 N–H and O–H groups in total. The van der Waals surface area contributed by atoms with Gasteiger partial charge in [-0.25, -0.2) is 0 Å². The molecule has 0 spiro atoms. The first-order valence-corrected chi connectivity index (χ1v) is 7.36. The van der Waals surface area contributed by atoms with E-state index in [0.29, 0.717) is 12.5 Å². The minimum absolute atomic E-state index is 0.0845. The van der Waals surface area contributed by atoms with Crippen LogP contribution in [0.5, 0.6) is 5.75 Å². The fourth-order valence-corrected chi connectivity index (χ4v) is 2.80. The number of rotatable bonds is 6. The van der Waals surface area contributed by atoms with E-state index in [1.807, 2.05) is 24.3 Å². The van der Waals surface area contributed by atoms with Gasteiger partial charge in [0.05, 0.1) is 13.5 Å². The maximum atomic E-state index is 12.0. The topological polar surface area (TPSA) is 41.6 Å². The van der Waals surface area contributed by atoms with Gasteiger partial charge in [-0.05, 0) is 43.6 Å². The standard InChI is InChI=1S/C16H24N2O2/c1-3-18-9-5-7-14(18)12-17-16(19)11-13-6-4-8-15(10-13)20-2/h4,6,8,10,14H,3,5,7,9,11-12H2,1-2H3,(H,17,19)/t14-/m1/s1. The summed E-state index contributed by atoms with van der Waals surface area (Å²) >= 11 is 0. The van der Waals surface area contributed by atoms with Crippen LogP contribution in [-0.2, 0) is 11.2 Å². The van der Waals surface area contributed by atoms with Crippen LogP contribution in [0.1, 0.15) is 25.3 Å². The highest BCUT2D eigenvalue weighted by molar-refractivity contribution is 5.78. The lowest BCUT2D eigenvalue weighted by atomic mass is 10.1. The van der Waals surface area contributed by atoms with Crippen molar-refractivity contribution in [1.29, 1.82) is 0 Å². The number of likely N-dealkylation sites (tertiary alicyclic amines) is 1. The number of nitrogens with one attached hydrogen (secondary N) is 1. The second-order valence-corrected chi connectivity index (χ2v) is 5.26. The highest BCUT2D eigenvalue weighted by Gasteiger charge is 2.22. The van der Waals surface area contributed by atoms with Gasteiger partial charge < -0.3 is 10.1 Å². The molecule has 1 aliphatic rings. The van der Waals surface area contributed by atoms with E-state index in [2.05, 4.69) is 17.1 Å². The van der Waals surface area contributed by atoms with Gasteiger partial charge in [0.15, 0.2) is 0 Å². The van der Waals surface area contributed by atoms with Gasteiger partial charge in [0.2, 0.25) is 5.91 Å². The molecule has 0 aromatic heterocycles. The largest absolute Gasteiger partial charge is 0.497 e. The molecule has 4 nitrogen and oxygen atoms in total. The molecule has 1 amide bonds. The van der Waals surface area contributed by atoms with E-state index in [4.69, 9.17) is 4.74 Å². The van der Waals surface area contributed by atoms with Crippen LogP contribution in [0.4, 0.5) is 0 Å². The maximum absolute atomic E-state index is 12.0. The summed E-state index contributed by atoms with van der Waals surface area (Å²) in [4.78, 5) is 14.4. The van der Waals surface area contributed by atoms with Crippen molar-refractivity contribution >= 4 is 5.91 Å². The number of ether oxygens (including phenoxy) is 1. The van der Waals surface area contributed by atoms with Crippen LogP contribution in [0.2, 0.25) is 0 Å². The summed E-state index contributed by atoms with van der Waals surface area (Å²) in [6.07, 6.45) is 2.84. The molecule has 1 aromatic rings. The molecule has 110 valence electrons. The molecule has 4 heteroatoms. The summed E-state index contributed by atoms with van der Waals surface area (Å²) in [6.45, 7) is 5.16. The number of likely N-dealkylation sites (N-methyl/N-ethyl adjacent to an activating group) is 1. The Bertz CT molecular complexity index is 448. The average Bonchev–Trinajstić information content (AvgIpc) is 2.93. The minimum atomic E-state index is 0.0845. The molecule has 1 fully saturated rings. The summed E-state index contributed by atoms with van der Waals surface area (Å²) in [5, 5.41) is 3.05. The van der Waals surface area contributed by atoms with Gasteiger partial charge in [0.25, 0.3) is 0 Å². The van der Waals surface area contributed by atoms with Gasteiger partial charge in [0, 0.05) is 12.6 Å². The van der Waals surface area contributed by atoms with Crippen molar-refractivity contribution in [2.24, 2.45) is 0 Å². The molecule has 1 aromatic carbocycles. The summed E-state index contributed by atoms with van der Waals surface area (Å²) < 4.78 is 5.17. The number of hydrogen-bond donors (Lipinski definition) is 1. The summed E-state index contributed by atoms with van der Waals surface area (Å²) in [5.41, 5.74) is 0.987. The van der Waals surface area contributed by atoms with Crippen LogP contribution in [0.3, 0.4) is 0 Å². The van der Waals surface area contributed by atoms with E-state index in [9.17, 15) is 4.79 Å². The van der Waals surface area contributed by atoms with Crippen molar-refractivity contribution in [3.63, 3.8) is 0 Å². The zero-order valence-corrected chi connectivity index (χ0v) is 12.4. The van der Waals surface area contributed by atoms with Crippen LogP contribution >= 0.6 is 0 Å². The van der Waals surface area contributed by atoms with Crippen LogP contribution in [0.25, 0.3) is 0 Å². The Morgan fingerprint density at radius 1 is 1.50 bits per heavy atom. The number of amides is 1. The van der Waals surface area contributed by atoms with Crippen molar-refractivity contribution in [2.75, 3.05) is 26.7 Å². The number of carbonyl (C=O) groups excluding carboxylic acids is 1. The monoisotopic (exact) mass is 276 g/mol. The predicted molar refractivity (Wildman–Crippen MR) is 80.0 cm³/mol. The molecule has 20 heavy (non-hydrogen) atoms. The second-order valence-electron chi connectivity index (χ2n) is 5.26. The molecule has 1 aliphatic heterocycles. The predicted octanol–water partition coefficient (Wildman–Crippen LogP) is 1.84. The molecular weight excluding hydrogens is 252 g/mol. The maximum Gasteiger partial charge on any atom is 0.224 e. The summed E-state index contributed by atoms with van der Waals surface area (Å²) in [5.74, 6) is 0.879. The lowest BCUT2D eigenvalue weighted by Gasteiger charge is -2.22. The molecule has 1 saturated heterocycles. The lowest BCUT2D eigenvalue weighted by molar-refractivity contribution is -0.120. The third-order valence-electron chi connectivity index (χ3n) is 3.94. The van der Waals surface area contributed by atoms with Gasteiger partial charge in [-0.3, -0.25) is 9.69 Å². The average molecular weight is 276 g/mol. The van der Waals surface area contributed by atoms with Crippen LogP contribution in [-0.4, -0.2) is 43.6 Å². The van der Waals surface area contributed by atoms with Gasteiger partial charge in [-0.15, -0.1) is 0 Å². The van der Waals surface area contributed by atoms with E-state index in [0.717, 1.165) is 30.9 Å². The SMILES string of the molecule is CCN1CCC[C@@H]1CNC(=O)Cc1cccc(OC)c1. The Morgan fingerprint density at radius 3 is 3.10 bits per heavy atom. The molecular formula is C16H24N2O2. The first-order chi connectivity index (χ1) is 9.72. The van der Waals surface area contributed by atoms with Crippen LogP contribution < -0.4 is 10.1 Å². The third kappa shape index (κ3) is 3.97. The fourth-order valence-electron chi connectivity index (χ4n) is 2.80. The quantitative estimate of drug-likeness (QED) is 0.862. The van der Waals surface area contributed by atoms with Gasteiger partial charge in [-0.1, -0.05) is 19.1 Å². The number of nitrogens with zero attached hydrogens (tertiary/aromatic N) is 1. The second kappa shape index (κ2) is 7.29. The fraction of sp³-hybridized carbons (Fsp3) is 0.562. The van der Waals surface area contributed by atoms with Crippen LogP contribution in [0, 0.1) is 0 Å². The highest BCUT2D eigenvalue weighted by Crippen LogP contribution is 2.16. The highest BCUT2D eigenvalue weighted by atomic mass is 16.5. The Labute approximate surface area is 121 Å². The van der Waals surface area contributed by atoms with Gasteiger partial charge >= 0.3 is 0 Å². The normalized spacial score (nSPS) is 19.0. The zero-order chi connectivity index (χ0) is 14.4. The number of carbonyl (C=O) groups is 1. The van der Waals surface area contributed by atoms with Crippen LogP contribution in [0.15, 0.2) is 24.3 Å². The van der Waals surface area contributed by atoms with Gasteiger partial charge in [0.1, 0.15) is 5.75 Å². The summed E-state index contributed by atoms with van der Waals surface area (Å²) in [7, 11) is 1.64. The number of benzene rings is 1. The van der Waals surface area contributed by atoms with Gasteiger partial charge in [-0.2, -0.15) is 0 Å². The van der Waals surface area contributed by atoms with E-state index in [1.165, 1.54) is 12.8 Å². The van der Waals surface area contributed by atoms with E-state index in [1.54, 1.807) is 7.11 Å². The summed E-state index contributed by atoms with van der Waals surface area (Å²) in [6, 6.07) is 8.18. The first-order valence-electron chi connectivity index (χ1n) is 7.36. The Morgan fingerprint density at radius 2 is 2.35 bits per heavy atom. The molecule has 2 rings (SSSR count). The van der Waals surface area contributed by atoms with Crippen molar-refractivity contribution in [3.8, 4) is 5.75 Å². The molecule has 0 saturated carbocycles. The van der Waals surface area contributed by atoms with Crippen molar-refractivity contribution in [3.05, 3.63) is 29.8 Å². The molecule has 1 atom stereocenters. The Hall–Kier alpha value is -1.55. The zero-order valence-electron chi connectivity index (χ0n) is 12.4. The Balaban J connectivity index is 1.80. The number of hydrogen-bond acceptors (Lipinski definition) is 3. The molecule has 0 aliphatic carbocycles. The lowest BCUT2D eigenvalue weighted by Crippen LogP contribution is -2.40.